The summed E-state index contributed by atoms with van der Waals surface area (Å²) in [4.78, 5) is 6.91. The minimum atomic E-state index is -3.95. The largest absolute Gasteiger partial charge is 0.264 e. The summed E-state index contributed by atoms with van der Waals surface area (Å²) < 4.78 is 38.9. The Bertz CT molecular complexity index is 738. The van der Waals surface area contributed by atoms with Crippen LogP contribution in [0.5, 0.6) is 0 Å². The Kier molecular flexibility index (Phi) is 3.39. The molecule has 0 aliphatic rings. The topological polar surface area (TPSA) is 95.7 Å². The molecule has 0 aromatic carbocycles. The molecule has 19 heavy (non-hydrogen) atoms. The highest BCUT2D eigenvalue weighted by Gasteiger charge is 2.16. The van der Waals surface area contributed by atoms with E-state index in [4.69, 9.17) is 5.26 Å². The Labute approximate surface area is 108 Å². The van der Waals surface area contributed by atoms with E-state index < -0.39 is 15.8 Å². The van der Waals surface area contributed by atoms with Crippen LogP contribution in [0.3, 0.4) is 0 Å². The average Bonchev–Trinajstić information content (AvgIpc) is 2.39. The maximum Gasteiger partial charge on any atom is 0.264 e. The Morgan fingerprint density at radius 2 is 2.05 bits per heavy atom. The Morgan fingerprint density at radius 3 is 2.63 bits per heavy atom. The first-order valence-electron chi connectivity index (χ1n) is 5.01. The third kappa shape index (κ3) is 3.02. The minimum Gasteiger partial charge on any atom is -0.263 e. The van der Waals surface area contributed by atoms with E-state index >= 15 is 0 Å². The number of hydrogen-bond donors (Lipinski definition) is 1. The molecule has 2 aromatic rings. The molecule has 0 unspecified atom stereocenters. The first kappa shape index (κ1) is 12.9. The predicted molar refractivity (Wildman–Crippen MR) is 64.0 cm³/mol. The zero-order valence-electron chi connectivity index (χ0n) is 9.41. The maximum absolute atomic E-state index is 12.9. The van der Waals surface area contributed by atoms with Crippen LogP contribution in [-0.2, 0) is 10.0 Å². The van der Waals surface area contributed by atoms with Crippen LogP contribution in [0.4, 0.5) is 10.2 Å². The van der Waals surface area contributed by atoms with Gasteiger partial charge in [0.15, 0.2) is 0 Å². The second kappa shape index (κ2) is 4.99. The lowest BCUT2D eigenvalue weighted by molar-refractivity contribution is 0.592. The van der Waals surface area contributed by atoms with E-state index in [1.54, 1.807) is 0 Å². The summed E-state index contributed by atoms with van der Waals surface area (Å²) in [5, 5.41) is 8.59. The second-order valence-electron chi connectivity index (χ2n) is 3.49. The van der Waals surface area contributed by atoms with Gasteiger partial charge in [-0.15, -0.1) is 0 Å². The summed E-state index contributed by atoms with van der Waals surface area (Å²) in [6, 6.07) is 5.45. The fourth-order valence-electron chi connectivity index (χ4n) is 1.26. The molecule has 0 amide bonds. The SMILES string of the molecule is N#Cc1ccc(NS(=O)(=O)c2cncc(F)c2)nc1. The monoisotopic (exact) mass is 278 g/mol. The molecule has 2 aromatic heterocycles. The molecule has 0 aliphatic heterocycles. The van der Waals surface area contributed by atoms with E-state index in [1.165, 1.54) is 18.3 Å². The number of anilines is 1. The molecule has 0 radical (unpaired) electrons. The third-order valence-electron chi connectivity index (χ3n) is 2.12. The van der Waals surface area contributed by atoms with Crippen LogP contribution in [0.2, 0.25) is 0 Å². The van der Waals surface area contributed by atoms with Crippen molar-refractivity contribution in [1.29, 1.82) is 5.26 Å². The van der Waals surface area contributed by atoms with Gasteiger partial charge in [-0.1, -0.05) is 0 Å². The Morgan fingerprint density at radius 1 is 1.26 bits per heavy atom. The van der Waals surface area contributed by atoms with Gasteiger partial charge in [0.1, 0.15) is 22.6 Å². The molecule has 0 spiro atoms. The van der Waals surface area contributed by atoms with Crippen LogP contribution in [0.25, 0.3) is 0 Å². The maximum atomic E-state index is 12.9. The van der Waals surface area contributed by atoms with Crippen LogP contribution >= 0.6 is 0 Å². The summed E-state index contributed by atoms with van der Waals surface area (Å²) in [7, 11) is -3.95. The average molecular weight is 278 g/mol. The number of halogens is 1. The molecule has 0 saturated heterocycles. The molecule has 0 fully saturated rings. The lowest BCUT2D eigenvalue weighted by Gasteiger charge is -2.06. The van der Waals surface area contributed by atoms with Gasteiger partial charge in [0.25, 0.3) is 10.0 Å². The quantitative estimate of drug-likeness (QED) is 0.912. The van der Waals surface area contributed by atoms with E-state index in [0.717, 1.165) is 18.5 Å². The van der Waals surface area contributed by atoms with Crippen LogP contribution in [0, 0.1) is 17.1 Å². The predicted octanol–water partition coefficient (Wildman–Crippen LogP) is 1.29. The van der Waals surface area contributed by atoms with Gasteiger partial charge < -0.3 is 0 Å². The smallest absolute Gasteiger partial charge is 0.263 e. The summed E-state index contributed by atoms with van der Waals surface area (Å²) in [5.74, 6) is -0.723. The van der Waals surface area contributed by atoms with Crippen molar-refractivity contribution in [3.63, 3.8) is 0 Å². The number of nitrogens with one attached hydrogen (secondary N) is 1. The van der Waals surface area contributed by atoms with Crippen LogP contribution < -0.4 is 4.72 Å². The lowest BCUT2D eigenvalue weighted by Crippen LogP contribution is -2.14. The molecular formula is C11H7FN4O2S. The molecule has 96 valence electrons. The van der Waals surface area contributed by atoms with Crippen LogP contribution in [-0.4, -0.2) is 18.4 Å². The van der Waals surface area contributed by atoms with Crippen molar-refractivity contribution in [1.82, 2.24) is 9.97 Å². The van der Waals surface area contributed by atoms with E-state index in [1.807, 2.05) is 6.07 Å². The van der Waals surface area contributed by atoms with Crippen molar-refractivity contribution >= 4 is 15.8 Å². The third-order valence-corrected chi connectivity index (χ3v) is 3.44. The van der Waals surface area contributed by atoms with Gasteiger partial charge in [0, 0.05) is 12.4 Å². The molecular weight excluding hydrogens is 271 g/mol. The summed E-state index contributed by atoms with van der Waals surface area (Å²) in [5.41, 5.74) is 0.301. The van der Waals surface area contributed by atoms with Crippen molar-refractivity contribution in [2.45, 2.75) is 4.90 Å². The van der Waals surface area contributed by atoms with E-state index in [9.17, 15) is 12.8 Å². The highest BCUT2D eigenvalue weighted by molar-refractivity contribution is 7.92. The standard InChI is InChI=1S/C11H7FN4O2S/c12-9-3-10(7-14-6-9)19(17,18)16-11-2-1-8(4-13)5-15-11/h1-3,5-7H,(H,15,16). The van der Waals surface area contributed by atoms with E-state index in [0.29, 0.717) is 5.56 Å². The minimum absolute atomic E-state index is 0.0308. The van der Waals surface area contributed by atoms with E-state index in [2.05, 4.69) is 14.7 Å². The number of hydrogen-bond acceptors (Lipinski definition) is 5. The molecule has 8 heteroatoms. The molecule has 0 atom stereocenters. The fourth-order valence-corrected chi connectivity index (χ4v) is 2.24. The first-order valence-corrected chi connectivity index (χ1v) is 6.49. The van der Waals surface area contributed by atoms with Gasteiger partial charge >= 0.3 is 0 Å². The lowest BCUT2D eigenvalue weighted by atomic mass is 10.3. The fraction of sp³-hybridized carbons (Fsp3) is 0. The highest BCUT2D eigenvalue weighted by atomic mass is 32.2. The molecule has 6 nitrogen and oxygen atoms in total. The van der Waals surface area contributed by atoms with Crippen LogP contribution in [0.15, 0.2) is 41.7 Å². The normalized spacial score (nSPS) is 10.7. The highest BCUT2D eigenvalue weighted by Crippen LogP contribution is 2.14. The number of aromatic nitrogens is 2. The Balaban J connectivity index is 2.28. The van der Waals surface area contributed by atoms with Crippen molar-refractivity contribution < 1.29 is 12.8 Å². The molecule has 1 N–H and O–H groups in total. The summed E-state index contributed by atoms with van der Waals surface area (Å²) in [6.07, 6.45) is 3.15. The number of pyridine rings is 2. The van der Waals surface area contributed by atoms with Gasteiger partial charge in [0.05, 0.1) is 11.8 Å². The second-order valence-corrected chi connectivity index (χ2v) is 5.17. The van der Waals surface area contributed by atoms with Gasteiger partial charge in [0.2, 0.25) is 0 Å². The summed E-state index contributed by atoms with van der Waals surface area (Å²) in [6.45, 7) is 0. The number of nitrogens with zero attached hydrogens (tertiary/aromatic N) is 3. The molecule has 2 rings (SSSR count). The van der Waals surface area contributed by atoms with Crippen molar-refractivity contribution in [3.8, 4) is 6.07 Å². The molecule has 0 aliphatic carbocycles. The first-order chi connectivity index (χ1) is 9.01. The number of nitriles is 1. The zero-order valence-corrected chi connectivity index (χ0v) is 10.2. The Hall–Kier alpha value is -2.53. The van der Waals surface area contributed by atoms with Crippen molar-refractivity contribution in [2.24, 2.45) is 0 Å². The van der Waals surface area contributed by atoms with Gasteiger partial charge in [-0.05, 0) is 18.2 Å². The summed E-state index contributed by atoms with van der Waals surface area (Å²) >= 11 is 0. The molecule has 0 saturated carbocycles. The number of sulfonamides is 1. The van der Waals surface area contributed by atoms with Gasteiger partial charge in [-0.3, -0.25) is 9.71 Å². The van der Waals surface area contributed by atoms with Crippen molar-refractivity contribution in [3.05, 3.63) is 48.2 Å². The van der Waals surface area contributed by atoms with Gasteiger partial charge in [-0.2, -0.15) is 5.26 Å². The molecule has 0 bridgehead atoms. The van der Waals surface area contributed by atoms with Gasteiger partial charge in [-0.25, -0.2) is 17.8 Å². The zero-order chi connectivity index (χ0) is 13.9. The van der Waals surface area contributed by atoms with Crippen LogP contribution in [0.1, 0.15) is 5.56 Å². The number of rotatable bonds is 3. The molecule has 2 heterocycles. The van der Waals surface area contributed by atoms with Crippen molar-refractivity contribution in [2.75, 3.05) is 4.72 Å². The van der Waals surface area contributed by atoms with E-state index in [-0.39, 0.29) is 10.7 Å².